The summed E-state index contributed by atoms with van der Waals surface area (Å²) >= 11 is 0. The summed E-state index contributed by atoms with van der Waals surface area (Å²) in [5.74, 6) is 3.99. The van der Waals surface area contributed by atoms with Crippen LogP contribution in [0.2, 0.25) is 0 Å². The van der Waals surface area contributed by atoms with Crippen molar-refractivity contribution in [3.63, 3.8) is 0 Å². The Morgan fingerprint density at radius 2 is 2.00 bits per heavy atom. The van der Waals surface area contributed by atoms with Crippen LogP contribution in [0.5, 0.6) is 0 Å². The van der Waals surface area contributed by atoms with Gasteiger partial charge in [0.15, 0.2) is 5.41 Å². The van der Waals surface area contributed by atoms with Gasteiger partial charge in [0.25, 0.3) is 5.91 Å². The Kier molecular flexibility index (Phi) is 3.78. The van der Waals surface area contributed by atoms with E-state index >= 15 is 0 Å². The molecule has 1 aliphatic rings. The molecule has 1 aliphatic carbocycles. The van der Waals surface area contributed by atoms with Gasteiger partial charge < -0.3 is 10.5 Å². The van der Waals surface area contributed by atoms with Crippen molar-refractivity contribution in [3.8, 4) is 0 Å². The Morgan fingerprint density at radius 3 is 2.35 bits per heavy atom. The number of rotatable bonds is 2. The molecule has 0 heterocycles. The van der Waals surface area contributed by atoms with E-state index in [1.165, 1.54) is 0 Å². The summed E-state index contributed by atoms with van der Waals surface area (Å²) < 4.78 is 5.28. The van der Waals surface area contributed by atoms with Gasteiger partial charge in [-0.1, -0.05) is 6.42 Å². The highest BCUT2D eigenvalue weighted by molar-refractivity contribution is 6.03. The third kappa shape index (κ3) is 2.58. The van der Waals surface area contributed by atoms with E-state index in [-0.39, 0.29) is 0 Å². The van der Waals surface area contributed by atoms with Crippen LogP contribution in [0.15, 0.2) is 0 Å². The average molecular weight is 243 g/mol. The van der Waals surface area contributed by atoms with E-state index in [0.29, 0.717) is 19.3 Å². The minimum absolute atomic E-state index is 0.381. The van der Waals surface area contributed by atoms with Crippen molar-refractivity contribution in [1.29, 1.82) is 0 Å². The number of ether oxygens (including phenoxy) is 1. The minimum atomic E-state index is -1.33. The van der Waals surface area contributed by atoms with Crippen LogP contribution < -0.4 is 17.0 Å². The molecule has 0 aromatic heterocycles. The van der Waals surface area contributed by atoms with Gasteiger partial charge >= 0.3 is 5.97 Å². The number of esters is 1. The second-order valence-electron chi connectivity index (χ2n) is 5.45. The summed E-state index contributed by atoms with van der Waals surface area (Å²) in [4.78, 5) is 24.0. The maximum absolute atomic E-state index is 12.2. The molecule has 98 valence electrons. The molecule has 0 spiro atoms. The second-order valence-corrected chi connectivity index (χ2v) is 5.45. The molecule has 1 amide bonds. The van der Waals surface area contributed by atoms with Gasteiger partial charge in [-0.2, -0.15) is 0 Å². The van der Waals surface area contributed by atoms with E-state index in [9.17, 15) is 9.59 Å². The van der Waals surface area contributed by atoms with Gasteiger partial charge in [-0.25, -0.2) is 5.84 Å². The smallest absolute Gasteiger partial charge is 0.323 e. The fourth-order valence-corrected chi connectivity index (χ4v) is 2.16. The lowest BCUT2D eigenvalue weighted by Gasteiger charge is -2.32. The number of hydrogen-bond donors (Lipinski definition) is 3. The van der Waals surface area contributed by atoms with Crippen LogP contribution in [0.3, 0.4) is 0 Å². The molecule has 1 rings (SSSR count). The number of nitrogens with two attached hydrogens (primary N) is 2. The first-order valence-corrected chi connectivity index (χ1v) is 5.74. The molecular formula is C11H21N3O3. The summed E-state index contributed by atoms with van der Waals surface area (Å²) in [6.45, 7) is 5.25. The summed E-state index contributed by atoms with van der Waals surface area (Å²) in [6.07, 6.45) is 1.71. The zero-order chi connectivity index (χ0) is 13.3. The standard InChI is InChI=1S/C11H21N3O3/c1-10(2,3)17-9(16)11(8(15)14-13)6-4-5-7(11)12/h7H,4-6,12-13H2,1-3H3,(H,14,15). The molecule has 0 aromatic carbocycles. The summed E-state index contributed by atoms with van der Waals surface area (Å²) in [6, 6.07) is -0.541. The van der Waals surface area contributed by atoms with E-state index in [2.05, 4.69) is 0 Å². The second kappa shape index (κ2) is 4.62. The molecule has 17 heavy (non-hydrogen) atoms. The highest BCUT2D eigenvalue weighted by Gasteiger charge is 2.55. The molecule has 0 saturated heterocycles. The molecule has 0 bridgehead atoms. The first-order chi connectivity index (χ1) is 7.74. The molecule has 6 nitrogen and oxygen atoms in total. The van der Waals surface area contributed by atoms with Crippen molar-refractivity contribution in [1.82, 2.24) is 5.43 Å². The molecule has 2 atom stereocenters. The maximum atomic E-state index is 12.2. The molecule has 1 fully saturated rings. The van der Waals surface area contributed by atoms with E-state index in [1.54, 1.807) is 20.8 Å². The fraction of sp³-hybridized carbons (Fsp3) is 0.818. The number of hydrogen-bond acceptors (Lipinski definition) is 5. The van der Waals surface area contributed by atoms with Crippen LogP contribution in [0.4, 0.5) is 0 Å². The number of hydrazine groups is 1. The SMILES string of the molecule is CC(C)(C)OC(=O)C1(C(=O)NN)CCCC1N. The Morgan fingerprint density at radius 1 is 1.41 bits per heavy atom. The van der Waals surface area contributed by atoms with Crippen LogP contribution >= 0.6 is 0 Å². The predicted molar refractivity (Wildman–Crippen MR) is 62.4 cm³/mol. The lowest BCUT2D eigenvalue weighted by molar-refractivity contribution is -0.171. The monoisotopic (exact) mass is 243 g/mol. The third-order valence-corrected chi connectivity index (χ3v) is 3.02. The molecule has 2 unspecified atom stereocenters. The molecule has 0 aliphatic heterocycles. The van der Waals surface area contributed by atoms with Crippen LogP contribution in [0.25, 0.3) is 0 Å². The Bertz CT molecular complexity index is 324. The average Bonchev–Trinajstić information content (AvgIpc) is 2.57. The molecule has 6 heteroatoms. The van der Waals surface area contributed by atoms with Gasteiger partial charge in [-0.05, 0) is 33.6 Å². The Labute approximate surface area is 101 Å². The molecule has 1 saturated carbocycles. The zero-order valence-corrected chi connectivity index (χ0v) is 10.6. The van der Waals surface area contributed by atoms with Crippen molar-refractivity contribution in [3.05, 3.63) is 0 Å². The largest absolute Gasteiger partial charge is 0.459 e. The van der Waals surface area contributed by atoms with E-state index in [1.807, 2.05) is 5.43 Å². The predicted octanol–water partition coefficient (Wildman–Crippen LogP) is -0.184. The highest BCUT2D eigenvalue weighted by atomic mass is 16.6. The van der Waals surface area contributed by atoms with Gasteiger partial charge in [0.1, 0.15) is 5.60 Å². The lowest BCUT2D eigenvalue weighted by Crippen LogP contribution is -2.57. The molecule has 0 radical (unpaired) electrons. The number of nitrogens with one attached hydrogen (secondary N) is 1. The maximum Gasteiger partial charge on any atom is 0.323 e. The normalized spacial score (nSPS) is 28.9. The van der Waals surface area contributed by atoms with E-state index in [4.69, 9.17) is 16.3 Å². The van der Waals surface area contributed by atoms with Crippen molar-refractivity contribution in [2.75, 3.05) is 0 Å². The van der Waals surface area contributed by atoms with E-state index in [0.717, 1.165) is 0 Å². The molecule has 5 N–H and O–H groups in total. The van der Waals surface area contributed by atoms with Gasteiger partial charge in [0.2, 0.25) is 0 Å². The van der Waals surface area contributed by atoms with Crippen LogP contribution in [-0.4, -0.2) is 23.5 Å². The Balaban J connectivity index is 3.00. The van der Waals surface area contributed by atoms with Crippen molar-refractivity contribution in [2.45, 2.75) is 51.7 Å². The fourth-order valence-electron chi connectivity index (χ4n) is 2.16. The van der Waals surface area contributed by atoms with Crippen molar-refractivity contribution < 1.29 is 14.3 Å². The Hall–Kier alpha value is -1.14. The van der Waals surface area contributed by atoms with Gasteiger partial charge in [-0.15, -0.1) is 0 Å². The minimum Gasteiger partial charge on any atom is -0.459 e. The molecule has 0 aromatic rings. The summed E-state index contributed by atoms with van der Waals surface area (Å²) in [5, 5.41) is 0. The third-order valence-electron chi connectivity index (χ3n) is 3.02. The lowest BCUT2D eigenvalue weighted by atomic mass is 9.81. The van der Waals surface area contributed by atoms with Gasteiger partial charge in [-0.3, -0.25) is 15.0 Å². The molecular weight excluding hydrogens is 222 g/mol. The van der Waals surface area contributed by atoms with Crippen LogP contribution in [0, 0.1) is 5.41 Å². The van der Waals surface area contributed by atoms with Gasteiger partial charge in [0, 0.05) is 6.04 Å². The topological polar surface area (TPSA) is 107 Å². The van der Waals surface area contributed by atoms with Crippen molar-refractivity contribution in [2.24, 2.45) is 17.0 Å². The van der Waals surface area contributed by atoms with E-state index < -0.39 is 28.9 Å². The van der Waals surface area contributed by atoms with Crippen molar-refractivity contribution >= 4 is 11.9 Å². The number of amides is 1. The first kappa shape index (κ1) is 13.9. The van der Waals surface area contributed by atoms with Crippen LogP contribution in [-0.2, 0) is 14.3 Å². The first-order valence-electron chi connectivity index (χ1n) is 5.74. The number of carbonyl (C=O) groups excluding carboxylic acids is 2. The summed E-state index contributed by atoms with van der Waals surface area (Å²) in [7, 11) is 0. The van der Waals surface area contributed by atoms with Crippen LogP contribution in [0.1, 0.15) is 40.0 Å². The quantitative estimate of drug-likeness (QED) is 0.205. The summed E-state index contributed by atoms with van der Waals surface area (Å²) in [5.41, 5.74) is 5.94. The van der Waals surface area contributed by atoms with Gasteiger partial charge in [0.05, 0.1) is 0 Å². The highest BCUT2D eigenvalue weighted by Crippen LogP contribution is 2.39. The zero-order valence-electron chi connectivity index (χ0n) is 10.6. The number of carbonyl (C=O) groups is 2.